The van der Waals surface area contributed by atoms with Crippen LogP contribution in [-0.4, -0.2) is 43.9 Å². The fourth-order valence-electron chi connectivity index (χ4n) is 3.26. The largest absolute Gasteiger partial charge is 0.396 e. The number of fused-ring (bicyclic) bond motifs is 1. The molecule has 2 aromatic heterocycles. The first-order valence-electron chi connectivity index (χ1n) is 8.85. The summed E-state index contributed by atoms with van der Waals surface area (Å²) in [5, 5.41) is 12.6. The molecule has 2 aromatic rings. The van der Waals surface area contributed by atoms with Gasteiger partial charge in [0, 0.05) is 19.3 Å². The van der Waals surface area contributed by atoms with E-state index in [1.165, 1.54) is 6.42 Å². The number of hydrogen-bond acceptors (Lipinski definition) is 6. The van der Waals surface area contributed by atoms with Crippen molar-refractivity contribution >= 4 is 17.0 Å². The molecule has 0 aliphatic carbocycles. The highest BCUT2D eigenvalue weighted by Gasteiger charge is 2.20. The maximum atomic E-state index is 9.21. The number of imidazole rings is 1. The average molecular weight is 333 g/mol. The van der Waals surface area contributed by atoms with Crippen LogP contribution in [0.4, 0.5) is 5.82 Å². The van der Waals surface area contributed by atoms with Crippen molar-refractivity contribution in [3.05, 3.63) is 12.7 Å². The Kier molecular flexibility index (Phi) is 5.63. The fraction of sp³-hybridized carbons (Fsp3) is 0.706. The van der Waals surface area contributed by atoms with Crippen molar-refractivity contribution in [3.8, 4) is 0 Å². The molecule has 0 aromatic carbocycles. The van der Waals surface area contributed by atoms with Crippen LogP contribution in [0, 0.1) is 5.92 Å². The molecule has 1 fully saturated rings. The lowest BCUT2D eigenvalue weighted by Gasteiger charge is -2.18. The van der Waals surface area contributed by atoms with Gasteiger partial charge < -0.3 is 15.2 Å². The van der Waals surface area contributed by atoms with Crippen LogP contribution in [-0.2, 0) is 4.74 Å². The molecule has 3 rings (SSSR count). The molecule has 1 aliphatic heterocycles. The van der Waals surface area contributed by atoms with Gasteiger partial charge in [0.25, 0.3) is 0 Å². The van der Waals surface area contributed by atoms with Crippen molar-refractivity contribution in [2.45, 2.75) is 58.2 Å². The quantitative estimate of drug-likeness (QED) is 0.845. The van der Waals surface area contributed by atoms with Crippen LogP contribution in [0.2, 0.25) is 0 Å². The summed E-state index contributed by atoms with van der Waals surface area (Å²) < 4.78 is 7.98. The third-order valence-corrected chi connectivity index (χ3v) is 4.53. The Morgan fingerprint density at radius 2 is 2.17 bits per heavy atom. The molecule has 0 amide bonds. The van der Waals surface area contributed by atoms with E-state index in [1.54, 1.807) is 6.33 Å². The molecule has 132 valence electrons. The molecule has 3 unspecified atom stereocenters. The lowest BCUT2D eigenvalue weighted by Crippen LogP contribution is -2.21. The second kappa shape index (κ2) is 7.90. The van der Waals surface area contributed by atoms with Gasteiger partial charge in [-0.1, -0.05) is 13.3 Å². The Balaban J connectivity index is 1.81. The third-order valence-electron chi connectivity index (χ3n) is 4.53. The van der Waals surface area contributed by atoms with Gasteiger partial charge in [-0.15, -0.1) is 0 Å². The van der Waals surface area contributed by atoms with E-state index in [0.29, 0.717) is 0 Å². The predicted octanol–water partition coefficient (Wildman–Crippen LogP) is 2.73. The SMILES string of the molecule is CC(CO)CC(C)Nc1ncnc2c1ncn2C1CCCCCO1. The Hall–Kier alpha value is -1.73. The summed E-state index contributed by atoms with van der Waals surface area (Å²) in [7, 11) is 0. The zero-order valence-electron chi connectivity index (χ0n) is 14.5. The first-order valence-corrected chi connectivity index (χ1v) is 8.85. The van der Waals surface area contributed by atoms with Crippen molar-refractivity contribution < 1.29 is 9.84 Å². The summed E-state index contributed by atoms with van der Waals surface area (Å²) in [5.41, 5.74) is 1.58. The van der Waals surface area contributed by atoms with Crippen molar-refractivity contribution in [3.63, 3.8) is 0 Å². The summed E-state index contributed by atoms with van der Waals surface area (Å²) in [6, 6.07) is 0.199. The lowest BCUT2D eigenvalue weighted by atomic mass is 10.0. The van der Waals surface area contributed by atoms with Gasteiger partial charge in [-0.3, -0.25) is 4.57 Å². The van der Waals surface area contributed by atoms with E-state index in [1.807, 2.05) is 17.8 Å². The summed E-state index contributed by atoms with van der Waals surface area (Å²) in [4.78, 5) is 13.3. The molecule has 1 aliphatic rings. The normalized spacial score (nSPS) is 21.4. The molecule has 1 saturated heterocycles. The monoisotopic (exact) mass is 333 g/mol. The minimum atomic E-state index is 0.00656. The summed E-state index contributed by atoms with van der Waals surface area (Å²) in [6.45, 7) is 5.10. The second-order valence-corrected chi connectivity index (χ2v) is 6.79. The maximum absolute atomic E-state index is 9.21. The van der Waals surface area contributed by atoms with Crippen molar-refractivity contribution in [1.29, 1.82) is 0 Å². The molecule has 2 N–H and O–H groups in total. The van der Waals surface area contributed by atoms with E-state index < -0.39 is 0 Å². The number of aromatic nitrogens is 4. The molecule has 7 nitrogen and oxygen atoms in total. The van der Waals surface area contributed by atoms with Gasteiger partial charge in [0.05, 0.1) is 6.33 Å². The first kappa shape index (κ1) is 17.1. The zero-order chi connectivity index (χ0) is 16.9. The van der Waals surface area contributed by atoms with Gasteiger partial charge in [-0.25, -0.2) is 15.0 Å². The molecule has 0 spiro atoms. The van der Waals surface area contributed by atoms with Gasteiger partial charge in [0.2, 0.25) is 0 Å². The first-order chi connectivity index (χ1) is 11.7. The highest BCUT2D eigenvalue weighted by Crippen LogP contribution is 2.27. The van der Waals surface area contributed by atoms with Crippen LogP contribution >= 0.6 is 0 Å². The number of ether oxygens (including phenoxy) is 1. The predicted molar refractivity (Wildman–Crippen MR) is 92.7 cm³/mol. The number of hydrogen-bond donors (Lipinski definition) is 2. The Bertz CT molecular complexity index is 651. The fourth-order valence-corrected chi connectivity index (χ4v) is 3.26. The zero-order valence-corrected chi connectivity index (χ0v) is 14.5. The number of anilines is 1. The number of aliphatic hydroxyl groups is 1. The van der Waals surface area contributed by atoms with Crippen LogP contribution in [0.25, 0.3) is 11.2 Å². The number of aliphatic hydroxyl groups excluding tert-OH is 1. The minimum Gasteiger partial charge on any atom is -0.396 e. The van der Waals surface area contributed by atoms with Crippen molar-refractivity contribution in [2.75, 3.05) is 18.5 Å². The lowest BCUT2D eigenvalue weighted by molar-refractivity contribution is 0.00934. The van der Waals surface area contributed by atoms with E-state index in [2.05, 4.69) is 27.2 Å². The number of nitrogens with zero attached hydrogens (tertiary/aromatic N) is 4. The summed E-state index contributed by atoms with van der Waals surface area (Å²) >= 11 is 0. The summed E-state index contributed by atoms with van der Waals surface area (Å²) in [6.07, 6.45) is 8.74. The molecule has 0 saturated carbocycles. The average Bonchev–Trinajstić information content (AvgIpc) is 2.83. The van der Waals surface area contributed by atoms with E-state index in [0.717, 1.165) is 49.3 Å². The molecular weight excluding hydrogens is 306 g/mol. The van der Waals surface area contributed by atoms with Crippen LogP contribution < -0.4 is 5.32 Å². The highest BCUT2D eigenvalue weighted by atomic mass is 16.5. The number of nitrogens with one attached hydrogen (secondary N) is 1. The van der Waals surface area contributed by atoms with Gasteiger partial charge in [-0.05, 0) is 38.5 Å². The van der Waals surface area contributed by atoms with Gasteiger partial charge in [0.1, 0.15) is 12.6 Å². The molecule has 3 heterocycles. The molecule has 0 bridgehead atoms. The third kappa shape index (κ3) is 3.84. The highest BCUT2D eigenvalue weighted by molar-refractivity contribution is 5.82. The van der Waals surface area contributed by atoms with Gasteiger partial charge in [0.15, 0.2) is 17.0 Å². The van der Waals surface area contributed by atoms with Crippen LogP contribution in [0.15, 0.2) is 12.7 Å². The smallest absolute Gasteiger partial charge is 0.167 e. The van der Waals surface area contributed by atoms with Gasteiger partial charge in [-0.2, -0.15) is 0 Å². The second-order valence-electron chi connectivity index (χ2n) is 6.79. The topological polar surface area (TPSA) is 85.1 Å². The standard InChI is InChI=1S/C17H27N5O2/c1-12(9-23)8-13(2)21-16-15-17(19-10-18-16)22(11-20-15)14-6-4-3-5-7-24-14/h10-14,23H,3-9H2,1-2H3,(H,18,19,21). The van der Waals surface area contributed by atoms with Gasteiger partial charge >= 0.3 is 0 Å². The minimum absolute atomic E-state index is 0.00656. The Morgan fingerprint density at radius 3 is 3.00 bits per heavy atom. The van der Waals surface area contributed by atoms with Crippen LogP contribution in [0.5, 0.6) is 0 Å². The Labute approximate surface area is 142 Å². The maximum Gasteiger partial charge on any atom is 0.167 e. The van der Waals surface area contributed by atoms with Crippen molar-refractivity contribution in [2.24, 2.45) is 5.92 Å². The molecular formula is C17H27N5O2. The number of rotatable bonds is 6. The van der Waals surface area contributed by atoms with E-state index in [4.69, 9.17) is 4.74 Å². The molecule has 0 radical (unpaired) electrons. The summed E-state index contributed by atoms with van der Waals surface area (Å²) in [5.74, 6) is 0.992. The van der Waals surface area contributed by atoms with Crippen LogP contribution in [0.1, 0.15) is 52.2 Å². The molecule has 24 heavy (non-hydrogen) atoms. The molecule has 7 heteroatoms. The van der Waals surface area contributed by atoms with E-state index >= 15 is 0 Å². The van der Waals surface area contributed by atoms with Crippen LogP contribution in [0.3, 0.4) is 0 Å². The molecule has 3 atom stereocenters. The van der Waals surface area contributed by atoms with E-state index in [-0.39, 0.29) is 24.8 Å². The Morgan fingerprint density at radius 1 is 1.29 bits per heavy atom. The van der Waals surface area contributed by atoms with Crippen molar-refractivity contribution in [1.82, 2.24) is 19.5 Å². The van der Waals surface area contributed by atoms with E-state index in [9.17, 15) is 5.11 Å².